The molecule has 3 rings (SSSR count). The maximum atomic E-state index is 14.1. The van der Waals surface area contributed by atoms with Gasteiger partial charge in [0.15, 0.2) is 5.69 Å². The minimum Gasteiger partial charge on any atom is -0.375 e. The zero-order chi connectivity index (χ0) is 17.1. The van der Waals surface area contributed by atoms with Crippen LogP contribution in [-0.4, -0.2) is 34.9 Å². The average Bonchev–Trinajstić information content (AvgIpc) is 2.76. The van der Waals surface area contributed by atoms with Crippen LogP contribution in [0.2, 0.25) is 0 Å². The molecule has 8 heteroatoms. The van der Waals surface area contributed by atoms with E-state index in [0.717, 1.165) is 18.2 Å². The molecule has 6 nitrogen and oxygen atoms in total. The van der Waals surface area contributed by atoms with Crippen LogP contribution in [0, 0.1) is 11.6 Å². The summed E-state index contributed by atoms with van der Waals surface area (Å²) in [5, 5.41) is 2.40. The van der Waals surface area contributed by atoms with Crippen LogP contribution >= 0.6 is 0 Å². The van der Waals surface area contributed by atoms with Crippen LogP contribution < -0.4 is 5.32 Å². The van der Waals surface area contributed by atoms with Crippen LogP contribution in [0.1, 0.15) is 22.6 Å². The smallest absolute Gasteiger partial charge is 0.272 e. The highest BCUT2D eigenvalue weighted by molar-refractivity contribution is 5.95. The lowest BCUT2D eigenvalue weighted by Crippen LogP contribution is -2.26. The van der Waals surface area contributed by atoms with Crippen molar-refractivity contribution in [3.8, 4) is 11.4 Å². The molecule has 0 saturated carbocycles. The maximum Gasteiger partial charge on any atom is 0.272 e. The number of ether oxygens (including phenoxy) is 1. The number of hydrogen-bond donors (Lipinski definition) is 1. The molecule has 2 aromatic rings. The normalized spacial score (nSPS) is 13.9. The number of carbonyl (C=O) groups excluding carboxylic acids is 2. The van der Waals surface area contributed by atoms with Crippen LogP contribution in [0.15, 0.2) is 18.2 Å². The molecule has 126 valence electrons. The predicted molar refractivity (Wildman–Crippen MR) is 80.2 cm³/mol. The van der Waals surface area contributed by atoms with Gasteiger partial charge in [-0.25, -0.2) is 13.8 Å². The quantitative estimate of drug-likeness (QED) is 0.863. The average molecular weight is 335 g/mol. The molecule has 1 amide bonds. The fraction of sp³-hybridized carbons (Fsp3) is 0.312. The number of nitrogens with zero attached hydrogens (tertiary/aromatic N) is 2. The molecule has 1 aromatic carbocycles. The molecule has 1 aromatic heterocycles. The monoisotopic (exact) mass is 335 g/mol. The van der Waals surface area contributed by atoms with Gasteiger partial charge in [0, 0.05) is 13.2 Å². The largest absolute Gasteiger partial charge is 0.375 e. The van der Waals surface area contributed by atoms with Crippen LogP contribution in [-0.2, 0) is 22.7 Å². The molecule has 0 saturated heterocycles. The summed E-state index contributed by atoms with van der Waals surface area (Å²) >= 11 is 0. The van der Waals surface area contributed by atoms with Crippen molar-refractivity contribution in [1.82, 2.24) is 14.9 Å². The highest BCUT2D eigenvalue weighted by Gasteiger charge is 2.26. The van der Waals surface area contributed by atoms with Gasteiger partial charge >= 0.3 is 0 Å². The Morgan fingerprint density at radius 1 is 1.42 bits per heavy atom. The number of imidazole rings is 1. The topological polar surface area (TPSA) is 73.2 Å². The van der Waals surface area contributed by atoms with E-state index in [4.69, 9.17) is 4.74 Å². The zero-order valence-corrected chi connectivity index (χ0v) is 12.7. The van der Waals surface area contributed by atoms with Crippen molar-refractivity contribution in [2.45, 2.75) is 19.6 Å². The van der Waals surface area contributed by atoms with E-state index in [2.05, 4.69) is 10.3 Å². The maximum absolute atomic E-state index is 14.1. The summed E-state index contributed by atoms with van der Waals surface area (Å²) in [6.45, 7) is 0.931. The number of amides is 1. The second-order valence-corrected chi connectivity index (χ2v) is 5.29. The highest BCUT2D eigenvalue weighted by Crippen LogP contribution is 2.28. The molecule has 0 spiro atoms. The number of nitrogens with one attached hydrogen (secondary N) is 1. The Hall–Kier alpha value is -2.61. The van der Waals surface area contributed by atoms with Gasteiger partial charge < -0.3 is 19.4 Å². The van der Waals surface area contributed by atoms with E-state index in [1.54, 1.807) is 4.57 Å². The molecule has 0 bridgehead atoms. The van der Waals surface area contributed by atoms with Crippen LogP contribution in [0.4, 0.5) is 8.78 Å². The van der Waals surface area contributed by atoms with E-state index in [1.807, 2.05) is 0 Å². The van der Waals surface area contributed by atoms with Crippen molar-refractivity contribution in [2.24, 2.45) is 0 Å². The van der Waals surface area contributed by atoms with Gasteiger partial charge in [0.2, 0.25) is 0 Å². The molecule has 0 aliphatic carbocycles. The number of aldehydes is 1. The van der Waals surface area contributed by atoms with E-state index < -0.39 is 17.5 Å². The summed E-state index contributed by atoms with van der Waals surface area (Å²) in [4.78, 5) is 26.9. The molecule has 0 unspecified atom stereocenters. The van der Waals surface area contributed by atoms with E-state index in [9.17, 15) is 18.4 Å². The number of fused-ring (bicyclic) bond motifs is 1. The molecule has 1 aliphatic rings. The third-order valence-electron chi connectivity index (χ3n) is 3.71. The van der Waals surface area contributed by atoms with Crippen LogP contribution in [0.3, 0.4) is 0 Å². The predicted octanol–water partition coefficient (Wildman–Crippen LogP) is 1.68. The van der Waals surface area contributed by atoms with Gasteiger partial charge in [-0.3, -0.25) is 4.79 Å². The summed E-state index contributed by atoms with van der Waals surface area (Å²) in [5.41, 5.74) is 0.513. The third-order valence-corrected chi connectivity index (χ3v) is 3.71. The molecule has 24 heavy (non-hydrogen) atoms. The molecule has 1 N–H and O–H groups in total. The fourth-order valence-corrected chi connectivity index (χ4v) is 2.64. The number of halogens is 2. The summed E-state index contributed by atoms with van der Waals surface area (Å²) in [6.07, 6.45) is 1.21. The van der Waals surface area contributed by atoms with Gasteiger partial charge in [0.1, 0.15) is 23.7 Å². The Morgan fingerprint density at radius 3 is 3.04 bits per heavy atom. The van der Waals surface area contributed by atoms with Gasteiger partial charge in [-0.15, -0.1) is 0 Å². The molecule has 2 heterocycles. The lowest BCUT2D eigenvalue weighted by atomic mass is 10.2. The Morgan fingerprint density at radius 2 is 2.25 bits per heavy atom. The van der Waals surface area contributed by atoms with Gasteiger partial charge in [-0.2, -0.15) is 0 Å². The van der Waals surface area contributed by atoms with Gasteiger partial charge in [-0.05, 0) is 24.6 Å². The molecule has 0 fully saturated rings. The Bertz CT molecular complexity index is 789. The number of carbonyl (C=O) groups is 2. The van der Waals surface area contributed by atoms with Crippen LogP contribution in [0.25, 0.3) is 11.4 Å². The molecular formula is C16H15F2N3O3. The molecule has 0 atom stereocenters. The van der Waals surface area contributed by atoms with E-state index >= 15 is 0 Å². The van der Waals surface area contributed by atoms with Crippen LogP contribution in [0.5, 0.6) is 0 Å². The third kappa shape index (κ3) is 3.05. The molecule has 1 aliphatic heterocycles. The van der Waals surface area contributed by atoms with Crippen molar-refractivity contribution < 1.29 is 23.1 Å². The van der Waals surface area contributed by atoms with E-state index in [-0.39, 0.29) is 30.2 Å². The summed E-state index contributed by atoms with van der Waals surface area (Å²) in [7, 11) is 0. The van der Waals surface area contributed by atoms with Gasteiger partial charge in [-0.1, -0.05) is 0 Å². The lowest BCUT2D eigenvalue weighted by Gasteiger charge is -2.09. The lowest BCUT2D eigenvalue weighted by molar-refractivity contribution is -0.107. The zero-order valence-electron chi connectivity index (χ0n) is 12.7. The molecule has 0 radical (unpaired) electrons. The first kappa shape index (κ1) is 16.3. The minimum atomic E-state index is -0.630. The second kappa shape index (κ2) is 6.88. The Labute approximate surface area is 136 Å². The summed E-state index contributed by atoms with van der Waals surface area (Å²) < 4.78 is 34.8. The van der Waals surface area contributed by atoms with Gasteiger partial charge in [0.25, 0.3) is 5.91 Å². The first-order chi connectivity index (χ1) is 11.6. The van der Waals surface area contributed by atoms with Crippen molar-refractivity contribution in [3.63, 3.8) is 0 Å². The Kier molecular flexibility index (Phi) is 4.66. The highest BCUT2D eigenvalue weighted by atomic mass is 19.1. The van der Waals surface area contributed by atoms with E-state index in [0.29, 0.717) is 31.6 Å². The Balaban J connectivity index is 2.12. The minimum absolute atomic E-state index is 0.0208. The number of hydrogen-bond acceptors (Lipinski definition) is 4. The standard InChI is InChI=1S/C16H15F2N3O3/c17-10-2-3-12(18)11(8-10)15-20-14(16(23)19-4-6-22)13-9-24-7-1-5-21(13)15/h2-3,6,8H,1,4-5,7,9H2,(H,19,23). The second-order valence-electron chi connectivity index (χ2n) is 5.29. The summed E-state index contributed by atoms with van der Waals surface area (Å²) in [6, 6.07) is 3.08. The van der Waals surface area contributed by atoms with Crippen molar-refractivity contribution in [2.75, 3.05) is 13.2 Å². The first-order valence-electron chi connectivity index (χ1n) is 7.46. The fourth-order valence-electron chi connectivity index (χ4n) is 2.64. The van der Waals surface area contributed by atoms with Crippen molar-refractivity contribution in [1.29, 1.82) is 0 Å². The first-order valence-corrected chi connectivity index (χ1v) is 7.46. The van der Waals surface area contributed by atoms with Crippen molar-refractivity contribution >= 4 is 12.2 Å². The van der Waals surface area contributed by atoms with Crippen molar-refractivity contribution in [3.05, 3.63) is 41.2 Å². The number of benzene rings is 1. The van der Waals surface area contributed by atoms with E-state index in [1.165, 1.54) is 0 Å². The number of rotatable bonds is 4. The SMILES string of the molecule is O=CCNC(=O)c1nc(-c2cc(F)ccc2F)n2c1COCCC2. The van der Waals surface area contributed by atoms with Gasteiger partial charge in [0.05, 0.1) is 24.4 Å². The summed E-state index contributed by atoms with van der Waals surface area (Å²) in [5.74, 6) is -1.61. The molecular weight excluding hydrogens is 320 g/mol. The number of aromatic nitrogens is 2.